The van der Waals surface area contributed by atoms with Crippen molar-refractivity contribution in [2.24, 2.45) is 0 Å². The molecular weight excluding hydrogens is 499 g/mol. The average Bonchev–Trinajstić information content (AvgIpc) is 2.98. The SMILES string of the molecule is CC1(CC(=O)O)C(=O)N(Cc2cc(F)cc(F)c2)c2cc(C(=O)NCc3c(F)cc(F)cc3F)ccc21. The summed E-state index contributed by atoms with van der Waals surface area (Å²) in [7, 11) is 0. The molecule has 0 fully saturated rings. The summed E-state index contributed by atoms with van der Waals surface area (Å²) in [4.78, 5) is 38.8. The standard InChI is InChI=1S/C26H19F5N2O4/c1-26(10-23(34)35)19-3-2-14(24(36)32-11-18-20(30)8-17(29)9-21(18)31)6-22(19)33(25(26)37)12-13-4-15(27)7-16(28)5-13/h2-9H,10-12H2,1H3,(H,32,36)(H,34,35). The van der Waals surface area contributed by atoms with Crippen LogP contribution in [-0.4, -0.2) is 22.9 Å². The Labute approximate surface area is 207 Å². The molecule has 192 valence electrons. The third kappa shape index (κ3) is 5.02. The highest BCUT2D eigenvalue weighted by Crippen LogP contribution is 2.45. The highest BCUT2D eigenvalue weighted by molar-refractivity contribution is 6.10. The van der Waals surface area contributed by atoms with Gasteiger partial charge in [0.2, 0.25) is 5.91 Å². The highest BCUT2D eigenvalue weighted by atomic mass is 19.2. The van der Waals surface area contributed by atoms with Crippen molar-refractivity contribution in [1.82, 2.24) is 5.32 Å². The summed E-state index contributed by atoms with van der Waals surface area (Å²) in [6, 6.07) is 7.62. The summed E-state index contributed by atoms with van der Waals surface area (Å²) in [5, 5.41) is 11.7. The Kier molecular flexibility index (Phi) is 6.72. The van der Waals surface area contributed by atoms with Gasteiger partial charge in [0.15, 0.2) is 0 Å². The molecule has 2 amide bonds. The molecule has 1 aliphatic rings. The van der Waals surface area contributed by atoms with E-state index < -0.39 is 70.8 Å². The first-order valence-corrected chi connectivity index (χ1v) is 10.9. The molecule has 37 heavy (non-hydrogen) atoms. The van der Waals surface area contributed by atoms with Crippen LogP contribution < -0.4 is 10.2 Å². The van der Waals surface area contributed by atoms with Crippen molar-refractivity contribution >= 4 is 23.5 Å². The zero-order chi connectivity index (χ0) is 27.1. The maximum Gasteiger partial charge on any atom is 0.304 e. The Morgan fingerprint density at radius 1 is 0.919 bits per heavy atom. The number of carboxylic acid groups (broad SMARTS) is 1. The largest absolute Gasteiger partial charge is 0.481 e. The third-order valence-corrected chi connectivity index (χ3v) is 6.16. The topological polar surface area (TPSA) is 86.7 Å². The minimum atomic E-state index is -1.53. The van der Waals surface area contributed by atoms with Crippen LogP contribution in [0.5, 0.6) is 0 Å². The minimum Gasteiger partial charge on any atom is -0.481 e. The van der Waals surface area contributed by atoms with Gasteiger partial charge >= 0.3 is 5.97 Å². The van der Waals surface area contributed by atoms with E-state index in [1.807, 2.05) is 0 Å². The molecule has 0 radical (unpaired) electrons. The van der Waals surface area contributed by atoms with E-state index in [-0.39, 0.29) is 28.9 Å². The van der Waals surface area contributed by atoms with E-state index in [9.17, 15) is 41.4 Å². The number of hydrogen-bond acceptors (Lipinski definition) is 3. The van der Waals surface area contributed by atoms with Crippen molar-refractivity contribution in [3.05, 3.63) is 99.9 Å². The van der Waals surface area contributed by atoms with Gasteiger partial charge in [0.25, 0.3) is 5.91 Å². The van der Waals surface area contributed by atoms with Gasteiger partial charge in [0.1, 0.15) is 29.1 Å². The number of carboxylic acids is 1. The van der Waals surface area contributed by atoms with E-state index in [0.717, 1.165) is 17.0 Å². The zero-order valence-corrected chi connectivity index (χ0v) is 19.2. The molecule has 0 saturated carbocycles. The lowest BCUT2D eigenvalue weighted by atomic mass is 9.80. The van der Waals surface area contributed by atoms with Crippen LogP contribution in [0.3, 0.4) is 0 Å². The number of benzene rings is 3. The number of carbonyl (C=O) groups excluding carboxylic acids is 2. The lowest BCUT2D eigenvalue weighted by Gasteiger charge is -2.23. The number of aliphatic carboxylic acids is 1. The van der Waals surface area contributed by atoms with E-state index in [4.69, 9.17) is 0 Å². The number of rotatable bonds is 7. The lowest BCUT2D eigenvalue weighted by molar-refractivity contribution is -0.141. The van der Waals surface area contributed by atoms with Gasteiger partial charge in [-0.2, -0.15) is 0 Å². The highest BCUT2D eigenvalue weighted by Gasteiger charge is 2.49. The molecule has 0 bridgehead atoms. The fourth-order valence-electron chi connectivity index (χ4n) is 4.41. The van der Waals surface area contributed by atoms with Crippen molar-refractivity contribution in [2.45, 2.75) is 31.8 Å². The second kappa shape index (κ2) is 9.64. The van der Waals surface area contributed by atoms with Crippen molar-refractivity contribution < 1.29 is 41.4 Å². The fourth-order valence-corrected chi connectivity index (χ4v) is 4.41. The molecule has 3 aromatic carbocycles. The van der Waals surface area contributed by atoms with Crippen LogP contribution in [0.2, 0.25) is 0 Å². The van der Waals surface area contributed by atoms with Gasteiger partial charge < -0.3 is 15.3 Å². The van der Waals surface area contributed by atoms with Gasteiger partial charge in [-0.15, -0.1) is 0 Å². The molecule has 1 heterocycles. The Morgan fingerprint density at radius 2 is 1.51 bits per heavy atom. The number of carbonyl (C=O) groups is 3. The van der Waals surface area contributed by atoms with Gasteiger partial charge in [-0.05, 0) is 42.3 Å². The van der Waals surface area contributed by atoms with E-state index in [1.165, 1.54) is 25.1 Å². The number of nitrogens with zero attached hydrogens (tertiary/aromatic N) is 1. The number of nitrogens with one attached hydrogen (secondary N) is 1. The first-order valence-electron chi connectivity index (χ1n) is 10.9. The number of hydrogen-bond donors (Lipinski definition) is 2. The molecule has 2 N–H and O–H groups in total. The summed E-state index contributed by atoms with van der Waals surface area (Å²) in [5.74, 6) is -7.93. The van der Waals surface area contributed by atoms with Gasteiger partial charge in [-0.1, -0.05) is 6.07 Å². The second-order valence-corrected chi connectivity index (χ2v) is 8.83. The smallest absolute Gasteiger partial charge is 0.304 e. The van der Waals surface area contributed by atoms with E-state index >= 15 is 0 Å². The van der Waals surface area contributed by atoms with Crippen LogP contribution >= 0.6 is 0 Å². The first-order chi connectivity index (χ1) is 17.4. The Bertz CT molecular complexity index is 1400. The molecule has 0 aromatic heterocycles. The summed E-state index contributed by atoms with van der Waals surface area (Å²) in [6.45, 7) is 0.497. The van der Waals surface area contributed by atoms with Crippen molar-refractivity contribution in [1.29, 1.82) is 0 Å². The van der Waals surface area contributed by atoms with E-state index in [0.29, 0.717) is 18.2 Å². The summed E-state index contributed by atoms with van der Waals surface area (Å²) in [6.07, 6.45) is -0.582. The monoisotopic (exact) mass is 518 g/mol. The first kappa shape index (κ1) is 25.8. The van der Waals surface area contributed by atoms with E-state index in [1.54, 1.807) is 0 Å². The number of anilines is 1. The maximum absolute atomic E-state index is 13.9. The van der Waals surface area contributed by atoms with Crippen LogP contribution in [0, 0.1) is 29.1 Å². The van der Waals surface area contributed by atoms with Gasteiger partial charge in [-0.25, -0.2) is 22.0 Å². The minimum absolute atomic E-state index is 0.0375. The molecule has 0 spiro atoms. The van der Waals surface area contributed by atoms with Crippen LogP contribution in [0.1, 0.15) is 40.4 Å². The molecule has 1 aliphatic heterocycles. The Balaban J connectivity index is 1.67. The maximum atomic E-state index is 13.9. The second-order valence-electron chi connectivity index (χ2n) is 8.83. The summed E-state index contributed by atoms with van der Waals surface area (Å²) < 4.78 is 68.5. The molecule has 4 rings (SSSR count). The van der Waals surface area contributed by atoms with Gasteiger partial charge in [-0.3, -0.25) is 14.4 Å². The van der Waals surface area contributed by atoms with Crippen LogP contribution in [0.15, 0.2) is 48.5 Å². The van der Waals surface area contributed by atoms with Gasteiger partial charge in [0, 0.05) is 41.6 Å². The van der Waals surface area contributed by atoms with Crippen molar-refractivity contribution in [2.75, 3.05) is 4.90 Å². The fraction of sp³-hybridized carbons (Fsp3) is 0.192. The van der Waals surface area contributed by atoms with Crippen molar-refractivity contribution in [3.8, 4) is 0 Å². The average molecular weight is 518 g/mol. The molecular formula is C26H19F5N2O4. The Morgan fingerprint density at radius 3 is 2.11 bits per heavy atom. The van der Waals surface area contributed by atoms with E-state index in [2.05, 4.69) is 5.32 Å². The molecule has 1 unspecified atom stereocenters. The number of halogens is 5. The van der Waals surface area contributed by atoms with Crippen molar-refractivity contribution in [3.63, 3.8) is 0 Å². The number of fused-ring (bicyclic) bond motifs is 1. The third-order valence-electron chi connectivity index (χ3n) is 6.16. The predicted molar refractivity (Wildman–Crippen MR) is 121 cm³/mol. The molecule has 0 aliphatic carbocycles. The normalized spacial score (nSPS) is 16.6. The summed E-state index contributed by atoms with van der Waals surface area (Å²) in [5.41, 5.74) is -1.61. The lowest BCUT2D eigenvalue weighted by Crippen LogP contribution is -2.39. The molecule has 1 atom stereocenters. The molecule has 6 nitrogen and oxygen atoms in total. The van der Waals surface area contributed by atoms with Crippen LogP contribution in [-0.2, 0) is 28.1 Å². The predicted octanol–water partition coefficient (Wildman–Crippen LogP) is 4.59. The molecule has 11 heteroatoms. The molecule has 3 aromatic rings. The Hall–Kier alpha value is -4.28. The summed E-state index contributed by atoms with van der Waals surface area (Å²) >= 11 is 0. The quantitative estimate of drug-likeness (QED) is 0.448. The van der Waals surface area contributed by atoms with Gasteiger partial charge in [0.05, 0.1) is 18.4 Å². The molecule has 0 saturated heterocycles. The van der Waals surface area contributed by atoms with Crippen LogP contribution in [0.4, 0.5) is 27.6 Å². The number of amides is 2. The zero-order valence-electron chi connectivity index (χ0n) is 19.2. The van der Waals surface area contributed by atoms with Crippen LogP contribution in [0.25, 0.3) is 0 Å².